The molecule has 0 bridgehead atoms. The number of rotatable bonds is 3. The number of hydrogen-bond donors (Lipinski definition) is 0. The molecule has 2 heteroatoms. The normalized spacial score (nSPS) is 20.5. The first-order chi connectivity index (χ1) is 6.22. The van der Waals surface area contributed by atoms with Gasteiger partial charge in [0.05, 0.1) is 12.6 Å². The predicted molar refractivity (Wildman–Crippen MR) is 54.2 cm³/mol. The average molecular weight is 180 g/mol. The molecule has 0 aliphatic carbocycles. The Bertz CT molecular complexity index is 173. The lowest BCUT2D eigenvalue weighted by atomic mass is 9.89. The molecule has 1 fully saturated rings. The van der Waals surface area contributed by atoms with E-state index in [4.69, 9.17) is 5.26 Å². The minimum absolute atomic E-state index is 0.619. The van der Waals surface area contributed by atoms with Gasteiger partial charge in [-0.05, 0) is 44.2 Å². The van der Waals surface area contributed by atoms with E-state index in [0.717, 1.165) is 24.9 Å². The van der Waals surface area contributed by atoms with Crippen molar-refractivity contribution in [1.29, 1.82) is 5.26 Å². The van der Waals surface area contributed by atoms with Crippen LogP contribution in [0.5, 0.6) is 0 Å². The van der Waals surface area contributed by atoms with E-state index in [1.165, 1.54) is 19.3 Å². The van der Waals surface area contributed by atoms with E-state index in [-0.39, 0.29) is 0 Å². The zero-order valence-corrected chi connectivity index (χ0v) is 8.79. The molecule has 74 valence electrons. The Morgan fingerprint density at radius 3 is 2.46 bits per heavy atom. The monoisotopic (exact) mass is 180 g/mol. The molecule has 1 aliphatic rings. The molecule has 0 aromatic rings. The fourth-order valence-electron chi connectivity index (χ4n) is 2.15. The molecule has 2 nitrogen and oxygen atoms in total. The highest BCUT2D eigenvalue weighted by atomic mass is 15.1. The fraction of sp³-hybridized carbons (Fsp3) is 0.909. The van der Waals surface area contributed by atoms with Gasteiger partial charge in [-0.3, -0.25) is 4.90 Å². The van der Waals surface area contributed by atoms with Crippen molar-refractivity contribution in [2.75, 3.05) is 19.6 Å². The predicted octanol–water partition coefficient (Wildman–Crippen LogP) is 2.27. The molecule has 0 N–H and O–H groups in total. The topological polar surface area (TPSA) is 27.0 Å². The molecule has 1 rings (SSSR count). The van der Waals surface area contributed by atoms with E-state index in [0.29, 0.717) is 6.54 Å². The molecule has 0 amide bonds. The molecular formula is C11H20N2. The largest absolute Gasteiger partial charge is 0.291 e. The van der Waals surface area contributed by atoms with Gasteiger partial charge in [-0.15, -0.1) is 0 Å². The summed E-state index contributed by atoms with van der Waals surface area (Å²) in [5, 5.41) is 8.54. The molecule has 1 aliphatic heterocycles. The lowest BCUT2D eigenvalue weighted by molar-refractivity contribution is 0.186. The first-order valence-electron chi connectivity index (χ1n) is 5.31. The van der Waals surface area contributed by atoms with E-state index < -0.39 is 0 Å². The van der Waals surface area contributed by atoms with Crippen molar-refractivity contribution >= 4 is 0 Å². The van der Waals surface area contributed by atoms with Crippen molar-refractivity contribution in [3.05, 3.63) is 0 Å². The van der Waals surface area contributed by atoms with E-state index in [9.17, 15) is 0 Å². The maximum atomic E-state index is 8.54. The molecule has 13 heavy (non-hydrogen) atoms. The Morgan fingerprint density at radius 2 is 2.00 bits per heavy atom. The molecule has 0 aromatic heterocycles. The van der Waals surface area contributed by atoms with Gasteiger partial charge in [0.2, 0.25) is 0 Å². The lowest BCUT2D eigenvalue weighted by Crippen LogP contribution is -2.34. The van der Waals surface area contributed by atoms with Gasteiger partial charge in [0.25, 0.3) is 0 Å². The molecular weight excluding hydrogens is 160 g/mol. The summed E-state index contributed by atoms with van der Waals surface area (Å²) in [4.78, 5) is 2.26. The maximum absolute atomic E-state index is 8.54. The summed E-state index contributed by atoms with van der Waals surface area (Å²) in [6.45, 7) is 7.47. The van der Waals surface area contributed by atoms with Gasteiger partial charge < -0.3 is 0 Å². The summed E-state index contributed by atoms with van der Waals surface area (Å²) >= 11 is 0. The van der Waals surface area contributed by atoms with Crippen LogP contribution in [0.25, 0.3) is 0 Å². The third-order valence-corrected chi connectivity index (χ3v) is 2.81. The smallest absolute Gasteiger partial charge is 0.0865 e. The summed E-state index contributed by atoms with van der Waals surface area (Å²) in [6.07, 6.45) is 3.94. The van der Waals surface area contributed by atoms with E-state index in [1.54, 1.807) is 0 Å². The first kappa shape index (κ1) is 10.5. The van der Waals surface area contributed by atoms with Gasteiger partial charge in [-0.25, -0.2) is 0 Å². The second-order valence-electron chi connectivity index (χ2n) is 4.51. The number of likely N-dealkylation sites (tertiary alicyclic amines) is 1. The van der Waals surface area contributed by atoms with Crippen LogP contribution >= 0.6 is 0 Å². The molecule has 0 saturated carbocycles. The molecule has 0 radical (unpaired) electrons. The van der Waals surface area contributed by atoms with Crippen LogP contribution in [0.15, 0.2) is 0 Å². The second-order valence-corrected chi connectivity index (χ2v) is 4.51. The van der Waals surface area contributed by atoms with Gasteiger partial charge in [0.1, 0.15) is 0 Å². The van der Waals surface area contributed by atoms with Gasteiger partial charge in [-0.1, -0.05) is 13.8 Å². The van der Waals surface area contributed by atoms with Crippen LogP contribution in [-0.4, -0.2) is 24.5 Å². The van der Waals surface area contributed by atoms with Crippen molar-refractivity contribution in [1.82, 2.24) is 4.90 Å². The minimum atomic E-state index is 0.619. The van der Waals surface area contributed by atoms with Crippen LogP contribution in [0, 0.1) is 23.2 Å². The highest BCUT2D eigenvalue weighted by molar-refractivity contribution is 4.80. The number of nitrogens with zero attached hydrogens (tertiary/aromatic N) is 2. The summed E-state index contributed by atoms with van der Waals surface area (Å²) in [7, 11) is 0. The molecule has 0 unspecified atom stereocenters. The standard InChI is InChI=1S/C11H20N2/c1-10(2)9-11-3-6-13(7-4-11)8-5-12/h10-11H,3-4,6-9H2,1-2H3. The van der Waals surface area contributed by atoms with Crippen LogP contribution in [0.1, 0.15) is 33.1 Å². The quantitative estimate of drug-likeness (QED) is 0.623. The van der Waals surface area contributed by atoms with Crippen molar-refractivity contribution < 1.29 is 0 Å². The zero-order chi connectivity index (χ0) is 9.68. The maximum Gasteiger partial charge on any atom is 0.0865 e. The Hall–Kier alpha value is -0.550. The summed E-state index contributed by atoms with van der Waals surface area (Å²) in [5.74, 6) is 1.74. The Kier molecular flexibility index (Phi) is 4.24. The van der Waals surface area contributed by atoms with Gasteiger partial charge in [-0.2, -0.15) is 5.26 Å². The summed E-state index contributed by atoms with van der Waals surface area (Å²) in [6, 6.07) is 2.22. The lowest BCUT2D eigenvalue weighted by Gasteiger charge is -2.30. The fourth-order valence-corrected chi connectivity index (χ4v) is 2.15. The minimum Gasteiger partial charge on any atom is -0.291 e. The van der Waals surface area contributed by atoms with Crippen molar-refractivity contribution in [2.24, 2.45) is 11.8 Å². The molecule has 1 saturated heterocycles. The third-order valence-electron chi connectivity index (χ3n) is 2.81. The molecule has 0 aromatic carbocycles. The molecule has 0 spiro atoms. The Labute approximate surface area is 81.5 Å². The summed E-state index contributed by atoms with van der Waals surface area (Å²) in [5.41, 5.74) is 0. The number of nitriles is 1. The van der Waals surface area contributed by atoms with Crippen LogP contribution in [0.2, 0.25) is 0 Å². The zero-order valence-electron chi connectivity index (χ0n) is 8.79. The van der Waals surface area contributed by atoms with Crippen LogP contribution < -0.4 is 0 Å². The molecule has 1 heterocycles. The SMILES string of the molecule is CC(C)CC1CCN(CC#N)CC1. The van der Waals surface area contributed by atoms with Gasteiger partial charge >= 0.3 is 0 Å². The van der Waals surface area contributed by atoms with Crippen LogP contribution in [0.4, 0.5) is 0 Å². The third kappa shape index (κ3) is 3.78. The average Bonchev–Trinajstić information content (AvgIpc) is 2.08. The van der Waals surface area contributed by atoms with Gasteiger partial charge in [0.15, 0.2) is 0 Å². The Balaban J connectivity index is 2.19. The highest BCUT2D eigenvalue weighted by Crippen LogP contribution is 2.23. The first-order valence-corrected chi connectivity index (χ1v) is 5.31. The Morgan fingerprint density at radius 1 is 1.38 bits per heavy atom. The summed E-state index contributed by atoms with van der Waals surface area (Å²) < 4.78 is 0. The van der Waals surface area contributed by atoms with Crippen molar-refractivity contribution in [3.8, 4) is 6.07 Å². The van der Waals surface area contributed by atoms with Crippen molar-refractivity contribution in [3.63, 3.8) is 0 Å². The van der Waals surface area contributed by atoms with E-state index in [1.807, 2.05) is 0 Å². The van der Waals surface area contributed by atoms with E-state index in [2.05, 4.69) is 24.8 Å². The number of hydrogen-bond acceptors (Lipinski definition) is 2. The molecule has 0 atom stereocenters. The second kappa shape index (κ2) is 5.24. The highest BCUT2D eigenvalue weighted by Gasteiger charge is 2.19. The van der Waals surface area contributed by atoms with Crippen LogP contribution in [-0.2, 0) is 0 Å². The van der Waals surface area contributed by atoms with Crippen LogP contribution in [0.3, 0.4) is 0 Å². The number of piperidine rings is 1. The van der Waals surface area contributed by atoms with E-state index >= 15 is 0 Å². The van der Waals surface area contributed by atoms with Crippen molar-refractivity contribution in [2.45, 2.75) is 33.1 Å². The van der Waals surface area contributed by atoms with Gasteiger partial charge in [0, 0.05) is 0 Å².